The molecular weight excluding hydrogens is 145 g/mol. The molecule has 0 spiro atoms. The predicted octanol–water partition coefficient (Wildman–Crippen LogP) is 0.651. The summed E-state index contributed by atoms with van der Waals surface area (Å²) < 4.78 is 12.3. The van der Waals surface area contributed by atoms with E-state index in [9.17, 15) is 9.18 Å². The Hall–Kier alpha value is -0.310. The summed E-state index contributed by atoms with van der Waals surface area (Å²) in [6.45, 7) is 0. The molecule has 1 atom stereocenters. The maximum atomic E-state index is 12.3. The lowest BCUT2D eigenvalue weighted by Crippen LogP contribution is -2.31. The van der Waals surface area contributed by atoms with Gasteiger partial charge in [-0.1, -0.05) is 0 Å². The second-order valence-electron chi connectivity index (χ2n) is 1.85. The summed E-state index contributed by atoms with van der Waals surface area (Å²) in [5.41, 5.74) is 0. The highest BCUT2D eigenvalue weighted by molar-refractivity contribution is 6.19. The van der Waals surface area contributed by atoms with Crippen LogP contribution >= 0.6 is 11.6 Å². The van der Waals surface area contributed by atoms with E-state index in [4.69, 9.17) is 11.6 Å². The summed E-state index contributed by atoms with van der Waals surface area (Å²) in [5, 5.41) is 0. The van der Waals surface area contributed by atoms with Crippen LogP contribution in [0.5, 0.6) is 0 Å². The van der Waals surface area contributed by atoms with Crippen molar-refractivity contribution >= 4 is 17.5 Å². The van der Waals surface area contributed by atoms with Crippen molar-refractivity contribution in [1.82, 2.24) is 4.90 Å². The third kappa shape index (κ3) is 2.65. The van der Waals surface area contributed by atoms with E-state index in [-0.39, 0.29) is 5.88 Å². The summed E-state index contributed by atoms with van der Waals surface area (Å²) >= 11 is 5.07. The Morgan fingerprint density at radius 2 is 2.22 bits per heavy atom. The molecule has 0 N–H and O–H groups in total. The number of rotatable bonds is 2. The van der Waals surface area contributed by atoms with Crippen LogP contribution in [0, 0.1) is 0 Å². The molecule has 0 saturated carbocycles. The van der Waals surface area contributed by atoms with E-state index in [1.807, 2.05) is 0 Å². The van der Waals surface area contributed by atoms with Gasteiger partial charge in [-0.15, -0.1) is 11.6 Å². The first-order valence-electron chi connectivity index (χ1n) is 2.50. The summed E-state index contributed by atoms with van der Waals surface area (Å²) in [6, 6.07) is 0. The van der Waals surface area contributed by atoms with Gasteiger partial charge in [-0.25, -0.2) is 4.39 Å². The number of hydrogen-bond donors (Lipinski definition) is 0. The number of hydrogen-bond acceptors (Lipinski definition) is 1. The SMILES string of the molecule is CN(C)C(=O)C(F)CCl. The highest BCUT2D eigenvalue weighted by atomic mass is 35.5. The fourth-order valence-corrected chi connectivity index (χ4v) is 0.478. The topological polar surface area (TPSA) is 20.3 Å². The minimum absolute atomic E-state index is 0.267. The van der Waals surface area contributed by atoms with E-state index < -0.39 is 12.1 Å². The molecule has 0 radical (unpaired) electrons. The Balaban J connectivity index is 3.73. The average Bonchev–Trinajstić information content (AvgIpc) is 1.84. The van der Waals surface area contributed by atoms with Crippen LogP contribution < -0.4 is 0 Å². The second kappa shape index (κ2) is 3.67. The molecule has 1 amide bonds. The Morgan fingerprint density at radius 1 is 1.78 bits per heavy atom. The van der Waals surface area contributed by atoms with E-state index >= 15 is 0 Å². The normalized spacial score (nSPS) is 12.9. The minimum atomic E-state index is -1.55. The number of carbonyl (C=O) groups excluding carboxylic acids is 1. The highest BCUT2D eigenvalue weighted by Crippen LogP contribution is 1.97. The molecule has 0 aromatic carbocycles. The Morgan fingerprint density at radius 3 is 2.33 bits per heavy atom. The van der Waals surface area contributed by atoms with Gasteiger partial charge in [-0.2, -0.15) is 0 Å². The molecule has 0 heterocycles. The maximum Gasteiger partial charge on any atom is 0.257 e. The van der Waals surface area contributed by atoms with Gasteiger partial charge in [-0.3, -0.25) is 4.79 Å². The van der Waals surface area contributed by atoms with Crippen molar-refractivity contribution in [1.29, 1.82) is 0 Å². The van der Waals surface area contributed by atoms with Gasteiger partial charge in [-0.05, 0) is 0 Å². The molecule has 0 saturated heterocycles. The molecule has 0 bridgehead atoms. The summed E-state index contributed by atoms with van der Waals surface area (Å²) in [5.74, 6) is -0.846. The lowest BCUT2D eigenvalue weighted by atomic mass is 10.4. The first kappa shape index (κ1) is 8.69. The molecule has 0 aliphatic heterocycles. The Bertz CT molecular complexity index is 107. The first-order valence-corrected chi connectivity index (χ1v) is 3.04. The fourth-order valence-electron chi connectivity index (χ4n) is 0.346. The van der Waals surface area contributed by atoms with Crippen molar-refractivity contribution in [3.63, 3.8) is 0 Å². The largest absolute Gasteiger partial charge is 0.346 e. The maximum absolute atomic E-state index is 12.3. The zero-order chi connectivity index (χ0) is 7.44. The van der Waals surface area contributed by atoms with Gasteiger partial charge in [0.15, 0.2) is 6.17 Å². The zero-order valence-electron chi connectivity index (χ0n) is 5.40. The molecular formula is C5H9ClFNO. The average molecular weight is 154 g/mol. The van der Waals surface area contributed by atoms with Crippen molar-refractivity contribution in [3.05, 3.63) is 0 Å². The van der Waals surface area contributed by atoms with Gasteiger partial charge < -0.3 is 4.90 Å². The van der Waals surface area contributed by atoms with E-state index in [0.717, 1.165) is 0 Å². The third-order valence-corrected chi connectivity index (χ3v) is 1.12. The van der Waals surface area contributed by atoms with Gasteiger partial charge in [0.25, 0.3) is 5.91 Å². The third-order valence-electron chi connectivity index (χ3n) is 0.844. The molecule has 0 fully saturated rings. The Kier molecular flexibility index (Phi) is 3.54. The van der Waals surface area contributed by atoms with Gasteiger partial charge in [0.05, 0.1) is 5.88 Å². The molecule has 0 aliphatic rings. The van der Waals surface area contributed by atoms with Gasteiger partial charge in [0.2, 0.25) is 0 Å². The molecule has 4 heteroatoms. The van der Waals surface area contributed by atoms with E-state index in [2.05, 4.69) is 0 Å². The smallest absolute Gasteiger partial charge is 0.257 e. The molecule has 0 aromatic rings. The molecule has 0 aromatic heterocycles. The number of carbonyl (C=O) groups is 1. The van der Waals surface area contributed by atoms with Crippen molar-refractivity contribution in [2.75, 3.05) is 20.0 Å². The Labute approximate surface area is 58.6 Å². The predicted molar refractivity (Wildman–Crippen MR) is 34.3 cm³/mol. The molecule has 0 rings (SSSR count). The van der Waals surface area contributed by atoms with Crippen molar-refractivity contribution in [3.8, 4) is 0 Å². The van der Waals surface area contributed by atoms with Crippen molar-refractivity contribution in [2.45, 2.75) is 6.17 Å². The van der Waals surface area contributed by atoms with Crippen molar-refractivity contribution < 1.29 is 9.18 Å². The van der Waals surface area contributed by atoms with Crippen LogP contribution in [0.25, 0.3) is 0 Å². The van der Waals surface area contributed by atoms with Crippen LogP contribution in [0.1, 0.15) is 0 Å². The molecule has 1 unspecified atom stereocenters. The standard InChI is InChI=1S/C5H9ClFNO/c1-8(2)5(9)4(7)3-6/h4H,3H2,1-2H3. The number of amides is 1. The van der Waals surface area contributed by atoms with Crippen LogP contribution in [0.3, 0.4) is 0 Å². The summed E-state index contributed by atoms with van der Waals surface area (Å²) in [6.07, 6.45) is -1.55. The molecule has 2 nitrogen and oxygen atoms in total. The van der Waals surface area contributed by atoms with E-state index in [1.54, 1.807) is 0 Å². The number of nitrogens with zero attached hydrogens (tertiary/aromatic N) is 1. The second-order valence-corrected chi connectivity index (χ2v) is 2.16. The fraction of sp³-hybridized carbons (Fsp3) is 0.800. The lowest BCUT2D eigenvalue weighted by Gasteiger charge is -2.10. The van der Waals surface area contributed by atoms with Crippen LogP contribution in [-0.4, -0.2) is 37.0 Å². The van der Waals surface area contributed by atoms with Gasteiger partial charge in [0, 0.05) is 14.1 Å². The molecule has 54 valence electrons. The summed E-state index contributed by atoms with van der Waals surface area (Å²) in [4.78, 5) is 11.7. The van der Waals surface area contributed by atoms with Crippen LogP contribution in [0.2, 0.25) is 0 Å². The lowest BCUT2D eigenvalue weighted by molar-refractivity contribution is -0.133. The monoisotopic (exact) mass is 153 g/mol. The van der Waals surface area contributed by atoms with E-state index in [1.165, 1.54) is 19.0 Å². The van der Waals surface area contributed by atoms with Crippen LogP contribution in [-0.2, 0) is 4.79 Å². The van der Waals surface area contributed by atoms with Gasteiger partial charge >= 0.3 is 0 Å². The van der Waals surface area contributed by atoms with Crippen LogP contribution in [0.4, 0.5) is 4.39 Å². The highest BCUT2D eigenvalue weighted by Gasteiger charge is 2.16. The number of halogens is 2. The molecule has 9 heavy (non-hydrogen) atoms. The first-order chi connectivity index (χ1) is 4.09. The summed E-state index contributed by atoms with van der Waals surface area (Å²) in [7, 11) is 2.98. The quantitative estimate of drug-likeness (QED) is 0.534. The number of alkyl halides is 2. The van der Waals surface area contributed by atoms with Crippen LogP contribution in [0.15, 0.2) is 0 Å². The zero-order valence-corrected chi connectivity index (χ0v) is 6.15. The minimum Gasteiger partial charge on any atom is -0.346 e. The molecule has 0 aliphatic carbocycles. The van der Waals surface area contributed by atoms with Gasteiger partial charge in [0.1, 0.15) is 0 Å². The van der Waals surface area contributed by atoms with E-state index in [0.29, 0.717) is 0 Å². The van der Waals surface area contributed by atoms with Crippen molar-refractivity contribution in [2.24, 2.45) is 0 Å².